The first-order valence-corrected chi connectivity index (χ1v) is 12.7. The van der Waals surface area contributed by atoms with Crippen LogP contribution in [-0.4, -0.2) is 28.3 Å². The van der Waals surface area contributed by atoms with Crippen LogP contribution in [0.2, 0.25) is 0 Å². The van der Waals surface area contributed by atoms with Crippen LogP contribution >= 0.6 is 0 Å². The molecule has 1 fully saturated rings. The number of fused-ring (bicyclic) bond motifs is 1. The highest BCUT2D eigenvalue weighted by Crippen LogP contribution is 2.37. The standard InChI is InChI=1S/C32H29BN2O2/c1-31(2)32(3,4)37-33(36-31)26-14-10-13-25(21-26)22-17-19-24(20-18-22)30-34-28-16-9-8-15-27(28)29(35-30)23-11-6-5-7-12-23/h5-21H,1-4H3. The van der Waals surface area contributed by atoms with E-state index in [-0.39, 0.29) is 18.3 Å². The molecule has 4 nitrogen and oxygen atoms in total. The Labute approximate surface area is 218 Å². The maximum Gasteiger partial charge on any atom is 0.494 e. The lowest BCUT2D eigenvalue weighted by molar-refractivity contribution is 0.00578. The van der Waals surface area contributed by atoms with Crippen molar-refractivity contribution in [2.75, 3.05) is 0 Å². The topological polar surface area (TPSA) is 44.2 Å². The summed E-state index contributed by atoms with van der Waals surface area (Å²) in [7, 11) is -0.383. The Morgan fingerprint density at radius 2 is 1.19 bits per heavy atom. The molecule has 1 aliphatic rings. The Morgan fingerprint density at radius 1 is 0.568 bits per heavy atom. The normalized spacial score (nSPS) is 16.3. The molecule has 0 unspecified atom stereocenters. The molecule has 6 rings (SSSR count). The zero-order chi connectivity index (χ0) is 25.6. The molecule has 37 heavy (non-hydrogen) atoms. The molecule has 5 aromatic rings. The molecule has 0 bridgehead atoms. The largest absolute Gasteiger partial charge is 0.494 e. The minimum atomic E-state index is -0.383. The second-order valence-electron chi connectivity index (χ2n) is 10.6. The van der Waals surface area contributed by atoms with Crippen molar-refractivity contribution in [1.29, 1.82) is 0 Å². The van der Waals surface area contributed by atoms with Crippen molar-refractivity contribution in [3.8, 4) is 33.8 Å². The zero-order valence-electron chi connectivity index (χ0n) is 21.6. The Bertz CT molecular complexity index is 1560. The van der Waals surface area contributed by atoms with Crippen molar-refractivity contribution >= 4 is 23.5 Å². The number of benzene rings is 4. The molecule has 0 N–H and O–H groups in total. The number of rotatable bonds is 4. The Kier molecular flexibility index (Phi) is 5.71. The number of hydrogen-bond donors (Lipinski definition) is 0. The van der Waals surface area contributed by atoms with Crippen LogP contribution in [0.1, 0.15) is 27.7 Å². The van der Waals surface area contributed by atoms with E-state index in [0.29, 0.717) is 0 Å². The van der Waals surface area contributed by atoms with E-state index in [9.17, 15) is 0 Å². The Hall–Kier alpha value is -3.80. The third-order valence-corrected chi connectivity index (χ3v) is 7.54. The van der Waals surface area contributed by atoms with E-state index in [1.54, 1.807) is 0 Å². The lowest BCUT2D eigenvalue weighted by atomic mass is 9.78. The molecule has 5 heteroatoms. The molecular weight excluding hydrogens is 455 g/mol. The molecule has 0 saturated carbocycles. The minimum Gasteiger partial charge on any atom is -0.399 e. The van der Waals surface area contributed by atoms with Crippen LogP contribution in [-0.2, 0) is 9.31 Å². The van der Waals surface area contributed by atoms with Gasteiger partial charge in [0.2, 0.25) is 0 Å². The fourth-order valence-corrected chi connectivity index (χ4v) is 4.68. The molecular formula is C32H29BN2O2. The third kappa shape index (κ3) is 4.35. The van der Waals surface area contributed by atoms with Crippen molar-refractivity contribution in [3.05, 3.63) is 103 Å². The van der Waals surface area contributed by atoms with Gasteiger partial charge in [-0.05, 0) is 50.4 Å². The SMILES string of the molecule is CC1(C)OB(c2cccc(-c3ccc(-c4nc(-c5ccccc5)c5ccccc5n4)cc3)c2)OC1(C)C. The highest BCUT2D eigenvalue weighted by molar-refractivity contribution is 6.62. The van der Waals surface area contributed by atoms with Gasteiger partial charge in [-0.25, -0.2) is 9.97 Å². The predicted octanol–water partition coefficient (Wildman–Crippen LogP) is 6.93. The number of hydrogen-bond acceptors (Lipinski definition) is 4. The van der Waals surface area contributed by atoms with Crippen LogP contribution in [0.25, 0.3) is 44.7 Å². The van der Waals surface area contributed by atoms with Gasteiger partial charge in [0.05, 0.1) is 22.4 Å². The zero-order valence-corrected chi connectivity index (χ0v) is 21.6. The van der Waals surface area contributed by atoms with Crippen molar-refractivity contribution in [3.63, 3.8) is 0 Å². The highest BCUT2D eigenvalue weighted by atomic mass is 16.7. The van der Waals surface area contributed by atoms with Gasteiger partial charge in [0.25, 0.3) is 0 Å². The van der Waals surface area contributed by atoms with Gasteiger partial charge >= 0.3 is 7.12 Å². The van der Waals surface area contributed by atoms with E-state index in [0.717, 1.165) is 50.1 Å². The molecule has 0 atom stereocenters. The molecule has 4 aromatic carbocycles. The van der Waals surface area contributed by atoms with Gasteiger partial charge in [0, 0.05) is 16.5 Å². The van der Waals surface area contributed by atoms with Crippen LogP contribution in [0, 0.1) is 0 Å². The van der Waals surface area contributed by atoms with Gasteiger partial charge in [-0.15, -0.1) is 0 Å². The summed E-state index contributed by atoms with van der Waals surface area (Å²) in [5.41, 5.74) is 6.46. The second kappa shape index (κ2) is 8.95. The first kappa shape index (κ1) is 23.6. The van der Waals surface area contributed by atoms with Gasteiger partial charge in [-0.3, -0.25) is 0 Å². The second-order valence-corrected chi connectivity index (χ2v) is 10.6. The number of aromatic nitrogens is 2. The summed E-state index contributed by atoms with van der Waals surface area (Å²) in [6.07, 6.45) is 0. The molecule has 2 heterocycles. The van der Waals surface area contributed by atoms with E-state index in [4.69, 9.17) is 19.3 Å². The monoisotopic (exact) mass is 484 g/mol. The number of para-hydroxylation sites is 1. The summed E-state index contributed by atoms with van der Waals surface area (Å²) in [4.78, 5) is 9.88. The van der Waals surface area contributed by atoms with Gasteiger partial charge in [0.15, 0.2) is 5.82 Å². The Morgan fingerprint density at radius 3 is 1.92 bits per heavy atom. The van der Waals surface area contributed by atoms with E-state index in [2.05, 4.69) is 94.4 Å². The molecule has 0 aliphatic carbocycles. The first-order chi connectivity index (χ1) is 17.8. The molecule has 1 aliphatic heterocycles. The summed E-state index contributed by atoms with van der Waals surface area (Å²) in [6.45, 7) is 8.31. The maximum atomic E-state index is 6.26. The molecule has 0 spiro atoms. The average molecular weight is 484 g/mol. The number of nitrogens with zero attached hydrogens (tertiary/aromatic N) is 2. The average Bonchev–Trinajstić information content (AvgIpc) is 3.15. The quantitative estimate of drug-likeness (QED) is 0.260. The van der Waals surface area contributed by atoms with Gasteiger partial charge in [-0.1, -0.05) is 97.1 Å². The molecule has 182 valence electrons. The first-order valence-electron chi connectivity index (χ1n) is 12.7. The van der Waals surface area contributed by atoms with Gasteiger partial charge in [-0.2, -0.15) is 0 Å². The fraction of sp³-hybridized carbons (Fsp3) is 0.188. The van der Waals surface area contributed by atoms with Crippen LogP contribution in [0.4, 0.5) is 0 Å². The lowest BCUT2D eigenvalue weighted by Crippen LogP contribution is -2.41. The van der Waals surface area contributed by atoms with Crippen molar-refractivity contribution in [2.45, 2.75) is 38.9 Å². The predicted molar refractivity (Wildman–Crippen MR) is 152 cm³/mol. The van der Waals surface area contributed by atoms with Gasteiger partial charge < -0.3 is 9.31 Å². The van der Waals surface area contributed by atoms with E-state index < -0.39 is 0 Å². The fourth-order valence-electron chi connectivity index (χ4n) is 4.68. The molecule has 1 aromatic heterocycles. The molecule has 1 saturated heterocycles. The van der Waals surface area contributed by atoms with E-state index in [1.165, 1.54) is 0 Å². The molecule has 0 radical (unpaired) electrons. The maximum absolute atomic E-state index is 6.26. The summed E-state index contributed by atoms with van der Waals surface area (Å²) in [6, 6.07) is 35.3. The van der Waals surface area contributed by atoms with Crippen molar-refractivity contribution in [1.82, 2.24) is 9.97 Å². The lowest BCUT2D eigenvalue weighted by Gasteiger charge is -2.32. The highest BCUT2D eigenvalue weighted by Gasteiger charge is 2.51. The third-order valence-electron chi connectivity index (χ3n) is 7.54. The van der Waals surface area contributed by atoms with Crippen LogP contribution < -0.4 is 5.46 Å². The smallest absolute Gasteiger partial charge is 0.399 e. The summed E-state index contributed by atoms with van der Waals surface area (Å²) in [5, 5.41) is 1.05. The minimum absolute atomic E-state index is 0.367. The van der Waals surface area contributed by atoms with Crippen LogP contribution in [0.3, 0.4) is 0 Å². The van der Waals surface area contributed by atoms with Crippen LogP contribution in [0.15, 0.2) is 103 Å². The molecule has 0 amide bonds. The van der Waals surface area contributed by atoms with E-state index >= 15 is 0 Å². The van der Waals surface area contributed by atoms with Crippen molar-refractivity contribution < 1.29 is 9.31 Å². The van der Waals surface area contributed by atoms with Crippen LogP contribution in [0.5, 0.6) is 0 Å². The summed E-state index contributed by atoms with van der Waals surface area (Å²) >= 11 is 0. The van der Waals surface area contributed by atoms with Gasteiger partial charge in [0.1, 0.15) is 0 Å². The van der Waals surface area contributed by atoms with Crippen molar-refractivity contribution in [2.24, 2.45) is 0 Å². The van der Waals surface area contributed by atoms with E-state index in [1.807, 2.05) is 36.4 Å². The summed E-state index contributed by atoms with van der Waals surface area (Å²) < 4.78 is 12.5. The summed E-state index contributed by atoms with van der Waals surface area (Å²) in [5.74, 6) is 0.718. The Balaban J connectivity index is 1.33.